The molecule has 0 bridgehead atoms. The number of nitrogens with zero attached hydrogens (tertiary/aromatic N) is 1. The summed E-state index contributed by atoms with van der Waals surface area (Å²) >= 11 is 0. The molecule has 0 N–H and O–H groups in total. The van der Waals surface area contributed by atoms with Gasteiger partial charge in [0.15, 0.2) is 5.60 Å². The van der Waals surface area contributed by atoms with Crippen LogP contribution in [0.3, 0.4) is 0 Å². The number of nitriles is 1. The molecule has 45 heavy (non-hydrogen) atoms. The van der Waals surface area contributed by atoms with Crippen molar-refractivity contribution in [3.8, 4) is 6.07 Å². The zero-order valence-electron chi connectivity index (χ0n) is 24.9. The molecule has 11 nitrogen and oxygen atoms in total. The SMILES string of the molecule is Cc1ccc(S(=O)(=O)OCC2(COS(=O)(=O)c3ccc(C)cc3)CC[C@@]3(COS(=O)(=O)c4ccc(C)cc4)CO[C@]23C#N)cc1. The van der Waals surface area contributed by atoms with Crippen molar-refractivity contribution in [1.29, 1.82) is 5.26 Å². The summed E-state index contributed by atoms with van der Waals surface area (Å²) in [5.74, 6) is 0. The molecule has 3 aromatic carbocycles. The molecule has 14 heteroatoms. The molecule has 0 unspecified atom stereocenters. The molecule has 3 aromatic rings. The fourth-order valence-electron chi connectivity index (χ4n) is 5.80. The molecule has 2 aliphatic rings. The molecule has 1 aliphatic heterocycles. The molecule has 0 aromatic heterocycles. The van der Waals surface area contributed by atoms with Crippen LogP contribution in [-0.4, -0.2) is 57.3 Å². The van der Waals surface area contributed by atoms with Crippen molar-refractivity contribution in [1.82, 2.24) is 0 Å². The smallest absolute Gasteiger partial charge is 0.296 e. The van der Waals surface area contributed by atoms with Crippen molar-refractivity contribution < 1.29 is 42.5 Å². The van der Waals surface area contributed by atoms with Crippen LogP contribution in [0, 0.1) is 42.9 Å². The lowest BCUT2D eigenvalue weighted by Gasteiger charge is -2.56. The van der Waals surface area contributed by atoms with E-state index in [0.717, 1.165) is 16.7 Å². The highest BCUT2D eigenvalue weighted by molar-refractivity contribution is 7.87. The largest absolute Gasteiger partial charge is 0.358 e. The molecule has 2 fully saturated rings. The van der Waals surface area contributed by atoms with Gasteiger partial charge in [-0.1, -0.05) is 53.1 Å². The zero-order chi connectivity index (χ0) is 32.7. The van der Waals surface area contributed by atoms with Crippen LogP contribution in [0.2, 0.25) is 0 Å². The molecule has 1 heterocycles. The number of benzene rings is 3. The monoisotopic (exact) mass is 675 g/mol. The first-order chi connectivity index (χ1) is 21.1. The van der Waals surface area contributed by atoms with Gasteiger partial charge in [0.25, 0.3) is 30.4 Å². The maximum Gasteiger partial charge on any atom is 0.296 e. The molecule has 0 spiro atoms. The molecule has 0 radical (unpaired) electrons. The Hall–Kier alpha value is -3.16. The number of hydrogen-bond donors (Lipinski definition) is 0. The fraction of sp³-hybridized carbons (Fsp3) is 0.387. The molecule has 5 rings (SSSR count). The third-order valence-electron chi connectivity index (χ3n) is 8.70. The Kier molecular flexibility index (Phi) is 8.77. The predicted octanol–water partition coefficient (Wildman–Crippen LogP) is 4.19. The maximum atomic E-state index is 13.2. The van der Waals surface area contributed by atoms with Crippen molar-refractivity contribution in [2.45, 2.75) is 53.9 Å². The van der Waals surface area contributed by atoms with Crippen LogP contribution in [0.4, 0.5) is 0 Å². The van der Waals surface area contributed by atoms with Gasteiger partial charge in [0.05, 0.1) is 58.0 Å². The average Bonchev–Trinajstić information content (AvgIpc) is 3.17. The van der Waals surface area contributed by atoms with E-state index >= 15 is 0 Å². The molecule has 1 saturated carbocycles. The Bertz CT molecular complexity index is 1860. The number of fused-ring (bicyclic) bond motifs is 1. The first-order valence-electron chi connectivity index (χ1n) is 14.0. The highest BCUT2D eigenvalue weighted by Gasteiger charge is 2.76. The quantitative estimate of drug-likeness (QED) is 0.253. The molecular weight excluding hydrogens is 643 g/mol. The van der Waals surface area contributed by atoms with Crippen molar-refractivity contribution in [2.24, 2.45) is 10.8 Å². The van der Waals surface area contributed by atoms with Gasteiger partial charge in [-0.3, -0.25) is 12.5 Å². The molecule has 0 amide bonds. The summed E-state index contributed by atoms with van der Waals surface area (Å²) in [7, 11) is -12.9. The average molecular weight is 676 g/mol. The predicted molar refractivity (Wildman–Crippen MR) is 161 cm³/mol. The number of ether oxygens (including phenoxy) is 1. The fourth-order valence-corrected chi connectivity index (χ4v) is 8.76. The van der Waals surface area contributed by atoms with E-state index in [9.17, 15) is 30.5 Å². The minimum atomic E-state index is -4.36. The van der Waals surface area contributed by atoms with E-state index in [0.29, 0.717) is 0 Å². The van der Waals surface area contributed by atoms with Crippen LogP contribution >= 0.6 is 0 Å². The topological polar surface area (TPSA) is 163 Å². The third-order valence-corrected chi connectivity index (χ3v) is 12.5. The van der Waals surface area contributed by atoms with E-state index in [1.807, 2.05) is 6.92 Å². The van der Waals surface area contributed by atoms with Crippen LogP contribution in [0.5, 0.6) is 0 Å². The third kappa shape index (κ3) is 6.06. The molecule has 2 atom stereocenters. The molecule has 1 aliphatic carbocycles. The number of rotatable bonds is 12. The van der Waals surface area contributed by atoms with Gasteiger partial charge in [-0.15, -0.1) is 0 Å². The summed E-state index contributed by atoms with van der Waals surface area (Å²) in [6, 6.07) is 20.1. The van der Waals surface area contributed by atoms with E-state index in [2.05, 4.69) is 6.07 Å². The van der Waals surface area contributed by atoms with Crippen molar-refractivity contribution in [3.05, 3.63) is 89.5 Å². The highest BCUT2D eigenvalue weighted by atomic mass is 32.2. The lowest BCUT2D eigenvalue weighted by molar-refractivity contribution is -0.273. The summed E-state index contributed by atoms with van der Waals surface area (Å²) in [5, 5.41) is 10.6. The van der Waals surface area contributed by atoms with Crippen molar-refractivity contribution >= 4 is 30.4 Å². The minimum absolute atomic E-state index is 0.0152. The van der Waals surface area contributed by atoms with Crippen LogP contribution < -0.4 is 0 Å². The second kappa shape index (κ2) is 11.9. The Morgan fingerprint density at radius 1 is 0.622 bits per heavy atom. The summed E-state index contributed by atoms with van der Waals surface area (Å²) in [6.07, 6.45) is 0.160. The molecular formula is C31H33NO10S3. The van der Waals surface area contributed by atoms with Gasteiger partial charge in [-0.25, -0.2) is 0 Å². The molecule has 240 valence electrons. The Morgan fingerprint density at radius 2 is 0.978 bits per heavy atom. The van der Waals surface area contributed by atoms with Gasteiger partial charge in [-0.2, -0.15) is 30.5 Å². The second-order valence-electron chi connectivity index (χ2n) is 11.7. The summed E-state index contributed by atoms with van der Waals surface area (Å²) < 4.78 is 101. The Labute approximate surface area is 264 Å². The Balaban J connectivity index is 1.47. The lowest BCUT2D eigenvalue weighted by Crippen LogP contribution is -2.69. The second-order valence-corrected chi connectivity index (χ2v) is 16.6. The summed E-state index contributed by atoms with van der Waals surface area (Å²) in [6.45, 7) is 3.50. The zero-order valence-corrected chi connectivity index (χ0v) is 27.4. The highest BCUT2D eigenvalue weighted by Crippen LogP contribution is 2.65. The van der Waals surface area contributed by atoms with Gasteiger partial charge < -0.3 is 4.74 Å². The van der Waals surface area contributed by atoms with Gasteiger partial charge in [0, 0.05) is 0 Å². The van der Waals surface area contributed by atoms with Gasteiger partial charge in [0.2, 0.25) is 0 Å². The van der Waals surface area contributed by atoms with Crippen molar-refractivity contribution in [2.75, 3.05) is 26.4 Å². The van der Waals surface area contributed by atoms with E-state index < -0.39 is 66.6 Å². The van der Waals surface area contributed by atoms with Crippen LogP contribution in [-0.2, 0) is 47.6 Å². The first-order valence-corrected chi connectivity index (χ1v) is 18.3. The van der Waals surface area contributed by atoms with E-state index in [-0.39, 0.29) is 34.1 Å². The number of hydrogen-bond acceptors (Lipinski definition) is 11. The lowest BCUT2D eigenvalue weighted by atomic mass is 9.62. The van der Waals surface area contributed by atoms with E-state index in [4.69, 9.17) is 17.3 Å². The van der Waals surface area contributed by atoms with Crippen LogP contribution in [0.25, 0.3) is 0 Å². The summed E-state index contributed by atoms with van der Waals surface area (Å²) in [4.78, 5) is -0.334. The van der Waals surface area contributed by atoms with Crippen LogP contribution in [0.15, 0.2) is 87.5 Å². The first kappa shape index (κ1) is 33.2. The van der Waals surface area contributed by atoms with E-state index in [1.165, 1.54) is 36.4 Å². The minimum Gasteiger partial charge on any atom is -0.358 e. The van der Waals surface area contributed by atoms with Gasteiger partial charge in [0.1, 0.15) is 0 Å². The standard InChI is InChI=1S/C31H33NO10S3/c1-23-4-10-26(11-5-23)43(33,34)40-20-29-16-17-30(31(29,18-32)39-19-29,21-41-44(35,36)27-12-6-24(2)7-13-27)22-42-45(37,38)28-14-8-25(3)9-15-28/h4-15H,16-17,19-22H2,1-3H3/t29-,31-/m0/s1. The van der Waals surface area contributed by atoms with Crippen LogP contribution in [0.1, 0.15) is 29.5 Å². The van der Waals surface area contributed by atoms with Gasteiger partial charge in [-0.05, 0) is 70.0 Å². The van der Waals surface area contributed by atoms with E-state index in [1.54, 1.807) is 50.2 Å². The normalized spacial score (nSPS) is 22.7. The summed E-state index contributed by atoms with van der Waals surface area (Å²) in [5.41, 5.74) is -2.26. The molecule has 1 saturated heterocycles. The Morgan fingerprint density at radius 3 is 1.29 bits per heavy atom. The van der Waals surface area contributed by atoms with Crippen molar-refractivity contribution in [3.63, 3.8) is 0 Å². The van der Waals surface area contributed by atoms with Gasteiger partial charge >= 0.3 is 0 Å². The number of aryl methyl sites for hydroxylation is 3. The maximum absolute atomic E-state index is 13.2.